The number of hydrogen-bond donors (Lipinski definition) is 1. The second-order valence-electron chi connectivity index (χ2n) is 7.33. The Labute approximate surface area is 177 Å². The number of phenolic OH excluding ortho intramolecular Hbond substituents is 1. The van der Waals surface area contributed by atoms with Crippen LogP contribution in [0.5, 0.6) is 23.0 Å². The monoisotopic (exact) mass is 411 g/mol. The van der Waals surface area contributed by atoms with Crippen LogP contribution < -0.4 is 14.2 Å². The van der Waals surface area contributed by atoms with Gasteiger partial charge in [-0.1, -0.05) is 6.42 Å². The fourth-order valence-corrected chi connectivity index (χ4v) is 3.67. The highest BCUT2D eigenvalue weighted by Gasteiger charge is 2.15. The molecule has 0 unspecified atom stereocenters. The zero-order valence-corrected chi connectivity index (χ0v) is 17.8. The summed E-state index contributed by atoms with van der Waals surface area (Å²) in [5, 5.41) is 10.2. The Morgan fingerprint density at radius 2 is 1.63 bits per heavy atom. The van der Waals surface area contributed by atoms with Crippen LogP contribution in [-0.2, 0) is 6.54 Å². The van der Waals surface area contributed by atoms with Crippen molar-refractivity contribution < 1.29 is 24.1 Å². The molecule has 3 rings (SSSR count). The number of rotatable bonds is 8. The van der Waals surface area contributed by atoms with Crippen LogP contribution in [0.2, 0.25) is 0 Å². The molecule has 1 saturated heterocycles. The van der Waals surface area contributed by atoms with Crippen LogP contribution in [0.1, 0.15) is 40.7 Å². The zero-order valence-electron chi connectivity index (χ0n) is 17.8. The Bertz CT molecular complexity index is 916. The highest BCUT2D eigenvalue weighted by Crippen LogP contribution is 2.35. The number of hydrogen-bond acceptors (Lipinski definition) is 6. The van der Waals surface area contributed by atoms with E-state index in [1.807, 2.05) is 0 Å². The van der Waals surface area contributed by atoms with Gasteiger partial charge in [-0.15, -0.1) is 0 Å². The number of nitrogens with zero attached hydrogens (tertiary/aromatic N) is 1. The van der Waals surface area contributed by atoms with Crippen LogP contribution in [0.3, 0.4) is 0 Å². The van der Waals surface area contributed by atoms with Crippen LogP contribution >= 0.6 is 0 Å². The first-order valence-electron chi connectivity index (χ1n) is 10.1. The number of likely N-dealkylation sites (tertiary alicyclic amines) is 1. The maximum Gasteiger partial charge on any atom is 0.185 e. The van der Waals surface area contributed by atoms with Gasteiger partial charge in [-0.2, -0.15) is 0 Å². The zero-order chi connectivity index (χ0) is 21.5. The van der Waals surface area contributed by atoms with Gasteiger partial charge in [0.2, 0.25) is 0 Å². The number of piperidine rings is 1. The highest BCUT2D eigenvalue weighted by molar-refractivity contribution is 6.07. The third-order valence-corrected chi connectivity index (χ3v) is 5.36. The maximum atomic E-state index is 12.8. The van der Waals surface area contributed by atoms with E-state index in [1.165, 1.54) is 25.3 Å². The van der Waals surface area contributed by atoms with Gasteiger partial charge in [-0.3, -0.25) is 9.69 Å². The lowest BCUT2D eigenvalue weighted by Gasteiger charge is -2.26. The summed E-state index contributed by atoms with van der Waals surface area (Å²) in [4.78, 5) is 15.1. The fraction of sp³-hybridized carbons (Fsp3) is 0.375. The molecule has 0 amide bonds. The van der Waals surface area contributed by atoms with Crippen LogP contribution in [0.15, 0.2) is 36.4 Å². The summed E-state index contributed by atoms with van der Waals surface area (Å²) in [7, 11) is 4.68. The van der Waals surface area contributed by atoms with Crippen LogP contribution in [0.4, 0.5) is 0 Å². The van der Waals surface area contributed by atoms with Crippen molar-refractivity contribution in [2.75, 3.05) is 34.4 Å². The number of allylic oxidation sites excluding steroid dienone is 1. The lowest BCUT2D eigenvalue weighted by atomic mass is 10.0. The number of phenols is 1. The lowest BCUT2D eigenvalue weighted by molar-refractivity contribution is 0.104. The summed E-state index contributed by atoms with van der Waals surface area (Å²) in [6.07, 6.45) is 6.80. The quantitative estimate of drug-likeness (QED) is 0.516. The molecule has 0 spiro atoms. The Morgan fingerprint density at radius 1 is 0.967 bits per heavy atom. The predicted octanol–water partition coefficient (Wildman–Crippen LogP) is 4.30. The van der Waals surface area contributed by atoms with Gasteiger partial charge in [-0.25, -0.2) is 0 Å². The second-order valence-corrected chi connectivity index (χ2v) is 7.33. The molecule has 1 aliphatic rings. The average molecular weight is 411 g/mol. The van der Waals surface area contributed by atoms with E-state index in [0.29, 0.717) is 34.9 Å². The summed E-state index contributed by atoms with van der Waals surface area (Å²) < 4.78 is 16.0. The van der Waals surface area contributed by atoms with Crippen LogP contribution in [-0.4, -0.2) is 50.2 Å². The fourth-order valence-electron chi connectivity index (χ4n) is 3.67. The highest BCUT2D eigenvalue weighted by atomic mass is 16.5. The minimum absolute atomic E-state index is 0.147. The van der Waals surface area contributed by atoms with Gasteiger partial charge >= 0.3 is 0 Å². The van der Waals surface area contributed by atoms with Gasteiger partial charge in [0.05, 0.1) is 21.3 Å². The van der Waals surface area contributed by atoms with E-state index < -0.39 is 0 Å². The van der Waals surface area contributed by atoms with Crippen molar-refractivity contribution in [3.05, 3.63) is 53.1 Å². The van der Waals surface area contributed by atoms with Gasteiger partial charge < -0.3 is 19.3 Å². The molecule has 0 atom stereocenters. The Kier molecular flexibility index (Phi) is 7.36. The molecule has 1 heterocycles. The molecular weight excluding hydrogens is 382 g/mol. The van der Waals surface area contributed by atoms with Crippen molar-refractivity contribution in [1.29, 1.82) is 0 Å². The van der Waals surface area contributed by atoms with Gasteiger partial charge in [0.15, 0.2) is 17.3 Å². The van der Waals surface area contributed by atoms with E-state index in [9.17, 15) is 9.90 Å². The van der Waals surface area contributed by atoms with E-state index in [1.54, 1.807) is 57.7 Å². The van der Waals surface area contributed by atoms with E-state index >= 15 is 0 Å². The first-order chi connectivity index (χ1) is 14.5. The molecule has 0 saturated carbocycles. The van der Waals surface area contributed by atoms with E-state index in [2.05, 4.69) is 4.90 Å². The lowest BCUT2D eigenvalue weighted by Crippen LogP contribution is -2.29. The standard InChI is InChI=1S/C24H29NO5/c1-28-22-15-24(30-3)23(29-2)14-18(22)8-10-20(26)17-7-9-21(27)19(13-17)16-25-11-5-4-6-12-25/h7-10,13-15,27H,4-6,11-12,16H2,1-3H3/b10-8+. The van der Waals surface area contributed by atoms with E-state index in [0.717, 1.165) is 18.7 Å². The molecule has 6 nitrogen and oxygen atoms in total. The summed E-state index contributed by atoms with van der Waals surface area (Å²) in [6, 6.07) is 8.51. The predicted molar refractivity (Wildman–Crippen MR) is 117 cm³/mol. The first kappa shape index (κ1) is 21.7. The molecule has 0 radical (unpaired) electrons. The second kappa shape index (κ2) is 10.2. The van der Waals surface area contributed by atoms with Gasteiger partial charge in [0.25, 0.3) is 0 Å². The van der Waals surface area contributed by atoms with Gasteiger partial charge in [0.1, 0.15) is 11.5 Å². The smallest absolute Gasteiger partial charge is 0.185 e. The summed E-state index contributed by atoms with van der Waals surface area (Å²) >= 11 is 0. The van der Waals surface area contributed by atoms with Crippen molar-refractivity contribution in [2.24, 2.45) is 0 Å². The SMILES string of the molecule is COc1cc(OC)c(OC)cc1/C=C/C(=O)c1ccc(O)c(CN2CCCCC2)c1. The number of aromatic hydroxyl groups is 1. The number of ether oxygens (including phenoxy) is 3. The molecule has 160 valence electrons. The minimum Gasteiger partial charge on any atom is -0.508 e. The summed E-state index contributed by atoms with van der Waals surface area (Å²) in [6.45, 7) is 2.70. The van der Waals surface area contributed by atoms with Crippen molar-refractivity contribution in [3.63, 3.8) is 0 Å². The third kappa shape index (κ3) is 5.13. The molecule has 6 heteroatoms. The number of benzene rings is 2. The molecule has 1 fully saturated rings. The van der Waals surface area contributed by atoms with Gasteiger partial charge in [-0.05, 0) is 62.3 Å². The molecule has 0 aromatic heterocycles. The summed E-state index contributed by atoms with van der Waals surface area (Å²) in [5.41, 5.74) is 2.02. The van der Waals surface area contributed by atoms with E-state index in [-0.39, 0.29) is 11.5 Å². The van der Waals surface area contributed by atoms with Crippen molar-refractivity contribution in [3.8, 4) is 23.0 Å². The molecule has 1 N–H and O–H groups in total. The molecular formula is C24H29NO5. The number of carbonyl (C=O) groups is 1. The molecule has 0 bridgehead atoms. The number of ketones is 1. The van der Waals surface area contributed by atoms with Crippen molar-refractivity contribution in [1.82, 2.24) is 4.90 Å². The van der Waals surface area contributed by atoms with E-state index in [4.69, 9.17) is 14.2 Å². The minimum atomic E-state index is -0.147. The third-order valence-electron chi connectivity index (χ3n) is 5.36. The molecule has 30 heavy (non-hydrogen) atoms. The maximum absolute atomic E-state index is 12.8. The van der Waals surface area contributed by atoms with Crippen molar-refractivity contribution >= 4 is 11.9 Å². The molecule has 2 aromatic carbocycles. The normalized spacial score (nSPS) is 14.6. The van der Waals surface area contributed by atoms with Crippen LogP contribution in [0.25, 0.3) is 6.08 Å². The van der Waals surface area contributed by atoms with Crippen molar-refractivity contribution in [2.45, 2.75) is 25.8 Å². The molecule has 2 aromatic rings. The summed E-state index contributed by atoms with van der Waals surface area (Å²) in [5.74, 6) is 1.76. The average Bonchev–Trinajstić information content (AvgIpc) is 2.78. The van der Waals surface area contributed by atoms with Gasteiger partial charge in [0, 0.05) is 29.3 Å². The topological polar surface area (TPSA) is 68.2 Å². The van der Waals surface area contributed by atoms with Crippen LogP contribution in [0, 0.1) is 0 Å². The Hall–Kier alpha value is -2.99. The number of methoxy groups -OCH3 is 3. The Balaban J connectivity index is 1.80. The molecule has 1 aliphatic heterocycles. The molecule has 0 aliphatic carbocycles. The number of carbonyl (C=O) groups excluding carboxylic acids is 1. The first-order valence-corrected chi connectivity index (χ1v) is 10.1. The largest absolute Gasteiger partial charge is 0.508 e. The Morgan fingerprint density at radius 3 is 2.30 bits per heavy atom.